The summed E-state index contributed by atoms with van der Waals surface area (Å²) in [6.07, 6.45) is 3.73. The van der Waals surface area contributed by atoms with E-state index in [4.69, 9.17) is 14.4 Å². The second kappa shape index (κ2) is 17.2. The molecular weight excluding hydrogens is 951 g/mol. The molecule has 0 aliphatic rings. The maximum Gasteiger partial charge on any atom is 0.121 e. The van der Waals surface area contributed by atoms with Crippen LogP contribution in [0, 0.1) is 12.1 Å². The molecule has 0 bridgehead atoms. The molecule has 7 aromatic carbocycles. The van der Waals surface area contributed by atoms with E-state index >= 15 is 0 Å². The average molecular weight is 998 g/mol. The third-order valence-electron chi connectivity index (χ3n) is 11.8. The molecular formula is C56H47IrN5O-2. The fourth-order valence-electron chi connectivity index (χ4n) is 8.76. The molecule has 313 valence electrons. The molecule has 63 heavy (non-hydrogen) atoms. The van der Waals surface area contributed by atoms with Crippen LogP contribution in [-0.4, -0.2) is 24.1 Å². The number of para-hydroxylation sites is 2. The zero-order valence-electron chi connectivity index (χ0n) is 36.2. The summed E-state index contributed by atoms with van der Waals surface area (Å²) >= 11 is 0. The predicted molar refractivity (Wildman–Crippen MR) is 256 cm³/mol. The predicted octanol–water partition coefficient (Wildman–Crippen LogP) is 14.9. The number of imidazole rings is 2. The average Bonchev–Trinajstić information content (AvgIpc) is 4.03. The number of furan rings is 1. The van der Waals surface area contributed by atoms with Gasteiger partial charge < -0.3 is 18.5 Å². The summed E-state index contributed by atoms with van der Waals surface area (Å²) in [4.78, 5) is 14.3. The summed E-state index contributed by atoms with van der Waals surface area (Å²) < 4.78 is 11.5. The van der Waals surface area contributed by atoms with E-state index in [-0.39, 0.29) is 31.9 Å². The van der Waals surface area contributed by atoms with Crippen molar-refractivity contribution in [1.29, 1.82) is 0 Å². The van der Waals surface area contributed by atoms with Crippen molar-refractivity contribution in [3.63, 3.8) is 0 Å². The van der Waals surface area contributed by atoms with Gasteiger partial charge in [0.25, 0.3) is 0 Å². The quantitative estimate of drug-likeness (QED) is 0.149. The van der Waals surface area contributed by atoms with Gasteiger partial charge in [0.15, 0.2) is 0 Å². The number of nitrogens with zero attached hydrogens (tertiary/aromatic N) is 5. The number of rotatable bonds is 7. The second-order valence-electron chi connectivity index (χ2n) is 16.9. The minimum absolute atomic E-state index is 0. The smallest absolute Gasteiger partial charge is 0.121 e. The molecule has 6 nitrogen and oxygen atoms in total. The molecule has 0 aliphatic heterocycles. The van der Waals surface area contributed by atoms with Gasteiger partial charge in [-0.2, -0.15) is 0 Å². The van der Waals surface area contributed by atoms with E-state index in [1.54, 1.807) is 6.20 Å². The summed E-state index contributed by atoms with van der Waals surface area (Å²) in [6, 6.07) is 57.5. The minimum atomic E-state index is 0. The van der Waals surface area contributed by atoms with E-state index in [2.05, 4.69) is 165 Å². The molecule has 4 heterocycles. The van der Waals surface area contributed by atoms with Crippen LogP contribution in [-0.2, 0) is 20.1 Å². The van der Waals surface area contributed by atoms with E-state index in [1.807, 2.05) is 54.9 Å². The number of hydrogen-bond donors (Lipinski definition) is 0. The first-order valence-electron chi connectivity index (χ1n) is 21.5. The van der Waals surface area contributed by atoms with Crippen molar-refractivity contribution in [1.82, 2.24) is 24.1 Å². The summed E-state index contributed by atoms with van der Waals surface area (Å²) in [5.41, 5.74) is 14.9. The van der Waals surface area contributed by atoms with Gasteiger partial charge in [0.2, 0.25) is 0 Å². The van der Waals surface area contributed by atoms with Crippen molar-refractivity contribution in [3.8, 4) is 39.5 Å². The van der Waals surface area contributed by atoms with Gasteiger partial charge in [-0.25, -0.2) is 4.98 Å². The Morgan fingerprint density at radius 2 is 1.35 bits per heavy atom. The van der Waals surface area contributed by atoms with E-state index in [0.717, 1.165) is 72.0 Å². The van der Waals surface area contributed by atoms with Crippen molar-refractivity contribution in [2.75, 3.05) is 0 Å². The molecule has 4 aromatic heterocycles. The summed E-state index contributed by atoms with van der Waals surface area (Å²) in [6.45, 7) is 13.5. The SMILES string of the molecule is CC(C)c1cc(-c2ccccc2)cc(C(C)C)c1-n1c(-c2[c-]ccc3c2oc2cc4c(ccc5ncn(C(C)C)c54)cc23)nc2ccccc21.[Ir].[c-]1ccccc1-c1ccccn1. The Morgan fingerprint density at radius 1 is 0.603 bits per heavy atom. The fraction of sp³-hybridized carbons (Fsp3) is 0.161. The van der Waals surface area contributed by atoms with Gasteiger partial charge in [0.05, 0.1) is 39.8 Å². The Hall–Kier alpha value is -6.66. The van der Waals surface area contributed by atoms with Gasteiger partial charge in [-0.1, -0.05) is 99.3 Å². The van der Waals surface area contributed by atoms with Crippen molar-refractivity contribution in [3.05, 3.63) is 181 Å². The number of pyridine rings is 1. The molecule has 0 atom stereocenters. The molecule has 0 fully saturated rings. The van der Waals surface area contributed by atoms with Crippen molar-refractivity contribution in [2.24, 2.45) is 0 Å². The maximum atomic E-state index is 6.88. The molecule has 11 rings (SSSR count). The molecule has 0 unspecified atom stereocenters. The maximum absolute atomic E-state index is 6.88. The number of fused-ring (bicyclic) bond motifs is 7. The van der Waals surface area contributed by atoms with Crippen LogP contribution in [0.25, 0.3) is 94.2 Å². The van der Waals surface area contributed by atoms with E-state index in [9.17, 15) is 0 Å². The molecule has 0 aliphatic carbocycles. The Balaban J connectivity index is 0.000000335. The Bertz CT molecular complexity index is 3320. The third-order valence-corrected chi connectivity index (χ3v) is 11.8. The van der Waals surface area contributed by atoms with E-state index in [0.29, 0.717) is 6.04 Å². The van der Waals surface area contributed by atoms with Crippen LogP contribution >= 0.6 is 0 Å². The first-order valence-corrected chi connectivity index (χ1v) is 21.5. The Morgan fingerprint density at radius 3 is 2.06 bits per heavy atom. The third kappa shape index (κ3) is 7.56. The Kier molecular flexibility index (Phi) is 11.4. The van der Waals surface area contributed by atoms with Crippen molar-refractivity contribution < 1.29 is 24.5 Å². The van der Waals surface area contributed by atoms with Gasteiger partial charge in [-0.3, -0.25) is 4.98 Å². The molecule has 0 saturated carbocycles. The van der Waals surface area contributed by atoms with Crippen LogP contribution in [0.3, 0.4) is 0 Å². The molecule has 0 saturated heterocycles. The molecule has 0 amide bonds. The fourth-order valence-corrected chi connectivity index (χ4v) is 8.76. The van der Waals surface area contributed by atoms with Crippen molar-refractivity contribution in [2.45, 2.75) is 59.4 Å². The van der Waals surface area contributed by atoms with Crippen LogP contribution in [0.1, 0.15) is 70.5 Å². The van der Waals surface area contributed by atoms with Gasteiger partial charge in [0.1, 0.15) is 5.58 Å². The number of benzene rings is 7. The van der Waals surface area contributed by atoms with Crippen LogP contribution in [0.15, 0.2) is 163 Å². The first-order chi connectivity index (χ1) is 30.2. The first kappa shape index (κ1) is 41.7. The topological polar surface area (TPSA) is 61.7 Å². The summed E-state index contributed by atoms with van der Waals surface area (Å²) in [7, 11) is 0. The van der Waals surface area contributed by atoms with Crippen LogP contribution in [0.2, 0.25) is 0 Å². The summed E-state index contributed by atoms with van der Waals surface area (Å²) in [5, 5.41) is 4.44. The van der Waals surface area contributed by atoms with E-state index < -0.39 is 0 Å². The minimum Gasteiger partial charge on any atom is -0.501 e. The van der Waals surface area contributed by atoms with E-state index in [1.165, 1.54) is 33.3 Å². The second-order valence-corrected chi connectivity index (χ2v) is 16.9. The van der Waals surface area contributed by atoms with Crippen LogP contribution in [0.4, 0.5) is 0 Å². The molecule has 0 spiro atoms. The van der Waals surface area contributed by atoms with Crippen molar-refractivity contribution >= 4 is 54.8 Å². The number of aromatic nitrogens is 5. The van der Waals surface area contributed by atoms with Gasteiger partial charge in [-0.05, 0) is 108 Å². The normalized spacial score (nSPS) is 11.6. The van der Waals surface area contributed by atoms with Gasteiger partial charge in [0, 0.05) is 48.8 Å². The van der Waals surface area contributed by atoms with Gasteiger partial charge in [-0.15, -0.1) is 54.1 Å². The van der Waals surface area contributed by atoms with Crippen LogP contribution < -0.4 is 0 Å². The van der Waals surface area contributed by atoms with Gasteiger partial charge >= 0.3 is 0 Å². The molecule has 1 radical (unpaired) electrons. The standard InChI is InChI=1S/C45H39N4O.C11H8N.Ir/c1-26(2)34-22-31(29-13-8-7-9-14-29)23-35(27(3)4)42(34)49-40-18-11-10-17-38(40)47-45(49)33-16-12-15-32-37-21-30-19-20-39-43(48(25-46-39)28(5)6)36(30)24-41(37)50-44(32)33;1-2-6-10(7-3-1)11-8-4-5-9-12-11;/h7-15,17-28H,1-6H3;1-6,8-9H;/q2*-1;. The Labute approximate surface area is 381 Å². The number of hydrogen-bond acceptors (Lipinski definition) is 4. The molecule has 7 heteroatoms. The monoisotopic (exact) mass is 998 g/mol. The summed E-state index contributed by atoms with van der Waals surface area (Å²) in [5.74, 6) is 1.38. The molecule has 11 aromatic rings. The zero-order valence-corrected chi connectivity index (χ0v) is 38.6. The molecule has 0 N–H and O–H groups in total. The van der Waals surface area contributed by atoms with Crippen LogP contribution in [0.5, 0.6) is 0 Å². The largest absolute Gasteiger partial charge is 0.501 e. The zero-order chi connectivity index (χ0) is 42.5.